The summed E-state index contributed by atoms with van der Waals surface area (Å²) in [4.78, 5) is 3.56. The van der Waals surface area contributed by atoms with Gasteiger partial charge in [-0.2, -0.15) is 4.39 Å². The first-order chi connectivity index (χ1) is 6.84. The number of benzene rings is 1. The summed E-state index contributed by atoms with van der Waals surface area (Å²) in [5.74, 6) is 0.864. The number of hydrogen-bond donors (Lipinski definition) is 0. The van der Waals surface area contributed by atoms with Crippen molar-refractivity contribution < 1.29 is 4.39 Å². The van der Waals surface area contributed by atoms with Gasteiger partial charge in [-0.05, 0) is 5.56 Å². The van der Waals surface area contributed by atoms with Crippen molar-refractivity contribution in [1.82, 2.24) is 4.98 Å². The Kier molecular flexibility index (Phi) is 3.16. The third-order valence-electron chi connectivity index (χ3n) is 1.68. The number of thiazole rings is 1. The highest BCUT2D eigenvalue weighted by molar-refractivity contribution is 8.00. The Hall–Kier alpha value is -0.870. The second-order valence-corrected chi connectivity index (χ2v) is 4.96. The molecule has 0 bridgehead atoms. The first-order valence-corrected chi connectivity index (χ1v) is 5.93. The van der Waals surface area contributed by atoms with Crippen LogP contribution in [0.3, 0.4) is 0 Å². The van der Waals surface area contributed by atoms with Gasteiger partial charge in [0.05, 0.1) is 10.4 Å². The van der Waals surface area contributed by atoms with E-state index in [0.29, 0.717) is 0 Å². The van der Waals surface area contributed by atoms with E-state index in [1.165, 1.54) is 5.56 Å². The fourth-order valence-electron chi connectivity index (χ4n) is 1.03. The number of aromatic nitrogens is 1. The molecular weight excluding hydrogens is 217 g/mol. The topological polar surface area (TPSA) is 12.9 Å². The summed E-state index contributed by atoms with van der Waals surface area (Å²) in [6.45, 7) is 0. The molecule has 0 fully saturated rings. The molecule has 14 heavy (non-hydrogen) atoms. The molecule has 4 heteroatoms. The van der Waals surface area contributed by atoms with Crippen LogP contribution >= 0.6 is 23.1 Å². The lowest BCUT2D eigenvalue weighted by atomic mass is 10.2. The Morgan fingerprint density at radius 3 is 2.71 bits per heavy atom. The molecule has 0 amide bonds. The fourth-order valence-corrected chi connectivity index (χ4v) is 2.66. The standard InChI is InChI=1S/C10H8FNS2/c11-10-12-6-9(14-10)13-7-8-4-2-1-3-5-8/h1-6H,7H2. The predicted octanol–water partition coefficient (Wildman–Crippen LogP) is 3.57. The van der Waals surface area contributed by atoms with Crippen molar-refractivity contribution in [3.8, 4) is 0 Å². The minimum atomic E-state index is -0.361. The quantitative estimate of drug-likeness (QED) is 0.741. The highest BCUT2D eigenvalue weighted by Gasteiger charge is 2.01. The Morgan fingerprint density at radius 1 is 1.29 bits per heavy atom. The van der Waals surface area contributed by atoms with Gasteiger partial charge in [0.25, 0.3) is 5.26 Å². The lowest BCUT2D eigenvalue weighted by molar-refractivity contribution is 0.617. The molecule has 0 N–H and O–H groups in total. The molecule has 0 atom stereocenters. The maximum atomic E-state index is 12.5. The van der Waals surface area contributed by atoms with Crippen LogP contribution in [0.15, 0.2) is 40.7 Å². The number of rotatable bonds is 3. The molecule has 0 spiro atoms. The van der Waals surface area contributed by atoms with E-state index in [1.807, 2.05) is 18.2 Å². The van der Waals surface area contributed by atoms with Gasteiger partial charge in [0.1, 0.15) is 0 Å². The van der Waals surface area contributed by atoms with Gasteiger partial charge >= 0.3 is 0 Å². The van der Waals surface area contributed by atoms with Gasteiger partial charge in [0, 0.05) is 5.75 Å². The van der Waals surface area contributed by atoms with Crippen molar-refractivity contribution in [3.05, 3.63) is 47.4 Å². The maximum absolute atomic E-state index is 12.5. The number of hydrogen-bond acceptors (Lipinski definition) is 3. The molecule has 0 unspecified atom stereocenters. The molecule has 1 heterocycles. The van der Waals surface area contributed by atoms with Crippen LogP contribution in [0, 0.1) is 5.26 Å². The van der Waals surface area contributed by atoms with Crippen LogP contribution in [0.4, 0.5) is 4.39 Å². The Balaban J connectivity index is 1.95. The molecule has 0 radical (unpaired) electrons. The maximum Gasteiger partial charge on any atom is 0.269 e. The van der Waals surface area contributed by atoms with Gasteiger partial charge in [-0.1, -0.05) is 41.7 Å². The Bertz CT molecular complexity index is 400. The zero-order chi connectivity index (χ0) is 9.80. The molecule has 0 aliphatic rings. The van der Waals surface area contributed by atoms with Gasteiger partial charge in [-0.25, -0.2) is 4.98 Å². The van der Waals surface area contributed by atoms with Gasteiger partial charge in [-0.15, -0.1) is 11.8 Å². The Labute approximate surface area is 90.0 Å². The van der Waals surface area contributed by atoms with Crippen LogP contribution in [0.5, 0.6) is 0 Å². The van der Waals surface area contributed by atoms with Crippen molar-refractivity contribution in [2.75, 3.05) is 0 Å². The lowest BCUT2D eigenvalue weighted by Crippen LogP contribution is -1.76. The van der Waals surface area contributed by atoms with E-state index in [4.69, 9.17) is 0 Å². The van der Waals surface area contributed by atoms with Crippen molar-refractivity contribution in [3.63, 3.8) is 0 Å². The van der Waals surface area contributed by atoms with Crippen molar-refractivity contribution in [2.45, 2.75) is 9.96 Å². The molecule has 0 aliphatic carbocycles. The molecule has 2 rings (SSSR count). The summed E-state index contributed by atoms with van der Waals surface area (Å²) >= 11 is 2.70. The van der Waals surface area contributed by atoms with E-state index in [2.05, 4.69) is 17.1 Å². The van der Waals surface area contributed by atoms with E-state index in [9.17, 15) is 4.39 Å². The summed E-state index contributed by atoms with van der Waals surface area (Å²) < 4.78 is 13.5. The van der Waals surface area contributed by atoms with Crippen molar-refractivity contribution >= 4 is 23.1 Å². The molecule has 0 aliphatic heterocycles. The minimum Gasteiger partial charge on any atom is -0.217 e. The molecule has 0 saturated heterocycles. The highest BCUT2D eigenvalue weighted by Crippen LogP contribution is 2.27. The summed E-state index contributed by atoms with van der Waals surface area (Å²) in [7, 11) is 0. The van der Waals surface area contributed by atoms with Crippen LogP contribution in [0.1, 0.15) is 5.56 Å². The van der Waals surface area contributed by atoms with Gasteiger partial charge in [0.15, 0.2) is 0 Å². The van der Waals surface area contributed by atoms with Gasteiger partial charge in [0.2, 0.25) is 0 Å². The van der Waals surface area contributed by atoms with E-state index < -0.39 is 0 Å². The van der Waals surface area contributed by atoms with Crippen LogP contribution in [-0.4, -0.2) is 4.98 Å². The van der Waals surface area contributed by atoms with Crippen LogP contribution in [0.25, 0.3) is 0 Å². The van der Waals surface area contributed by atoms with E-state index in [1.54, 1.807) is 18.0 Å². The summed E-state index contributed by atoms with van der Waals surface area (Å²) in [6, 6.07) is 10.1. The average Bonchev–Trinajstić information content (AvgIpc) is 2.63. The molecule has 72 valence electrons. The SMILES string of the molecule is Fc1ncc(SCc2ccccc2)s1. The summed E-state index contributed by atoms with van der Waals surface area (Å²) in [5.41, 5.74) is 1.24. The largest absolute Gasteiger partial charge is 0.269 e. The monoisotopic (exact) mass is 225 g/mol. The zero-order valence-electron chi connectivity index (χ0n) is 7.31. The molecule has 1 aromatic carbocycles. The van der Waals surface area contributed by atoms with E-state index >= 15 is 0 Å². The second kappa shape index (κ2) is 4.57. The number of thioether (sulfide) groups is 1. The lowest BCUT2D eigenvalue weighted by Gasteiger charge is -1.97. The predicted molar refractivity (Wildman–Crippen MR) is 58.1 cm³/mol. The zero-order valence-corrected chi connectivity index (χ0v) is 8.95. The first-order valence-electron chi connectivity index (χ1n) is 4.12. The fraction of sp³-hybridized carbons (Fsp3) is 0.100. The average molecular weight is 225 g/mol. The van der Waals surface area contributed by atoms with Gasteiger partial charge in [-0.3, -0.25) is 0 Å². The van der Waals surface area contributed by atoms with E-state index in [-0.39, 0.29) is 5.26 Å². The van der Waals surface area contributed by atoms with Crippen molar-refractivity contribution in [2.24, 2.45) is 0 Å². The van der Waals surface area contributed by atoms with Crippen LogP contribution in [0.2, 0.25) is 0 Å². The molecule has 1 aromatic heterocycles. The highest BCUT2D eigenvalue weighted by atomic mass is 32.2. The van der Waals surface area contributed by atoms with Crippen LogP contribution in [-0.2, 0) is 5.75 Å². The number of halogens is 1. The third-order valence-corrected chi connectivity index (χ3v) is 3.73. The first kappa shape index (κ1) is 9.68. The molecular formula is C10H8FNS2. The smallest absolute Gasteiger partial charge is 0.217 e. The van der Waals surface area contributed by atoms with Crippen molar-refractivity contribution in [1.29, 1.82) is 0 Å². The third kappa shape index (κ3) is 2.56. The normalized spacial score (nSPS) is 10.4. The van der Waals surface area contributed by atoms with Gasteiger partial charge < -0.3 is 0 Å². The molecule has 0 saturated carbocycles. The number of nitrogens with zero attached hydrogens (tertiary/aromatic N) is 1. The van der Waals surface area contributed by atoms with Crippen LogP contribution < -0.4 is 0 Å². The second-order valence-electron chi connectivity index (χ2n) is 2.71. The summed E-state index contributed by atoms with van der Waals surface area (Å²) in [5, 5.41) is -0.361. The minimum absolute atomic E-state index is 0.361. The summed E-state index contributed by atoms with van der Waals surface area (Å²) in [6.07, 6.45) is 1.58. The molecule has 2 aromatic rings. The Morgan fingerprint density at radius 2 is 2.07 bits per heavy atom. The van der Waals surface area contributed by atoms with E-state index in [0.717, 1.165) is 21.3 Å². The molecule has 1 nitrogen and oxygen atoms in total.